The predicted molar refractivity (Wildman–Crippen MR) is 76.8 cm³/mol. The molecule has 6 heteroatoms. The first-order valence-electron chi connectivity index (χ1n) is 6.92. The quantitative estimate of drug-likeness (QED) is 0.813. The zero-order chi connectivity index (χ0) is 14.7. The molecule has 0 saturated carbocycles. The second-order valence-corrected chi connectivity index (χ2v) is 8.39. The van der Waals surface area contributed by atoms with Gasteiger partial charge in [0.15, 0.2) is 9.84 Å². The van der Waals surface area contributed by atoms with E-state index >= 15 is 0 Å². The van der Waals surface area contributed by atoms with E-state index in [1.54, 1.807) is 4.90 Å². The molecule has 0 aromatic rings. The number of nitrogens with one attached hydrogen (secondary N) is 1. The van der Waals surface area contributed by atoms with Crippen molar-refractivity contribution in [3.63, 3.8) is 0 Å². The first kappa shape index (κ1) is 16.4. The smallest absolute Gasteiger partial charge is 0.243 e. The summed E-state index contributed by atoms with van der Waals surface area (Å²) in [5.74, 6) is -0.280. The van der Waals surface area contributed by atoms with E-state index in [4.69, 9.17) is 0 Å². The highest BCUT2D eigenvalue weighted by Gasteiger charge is 2.42. The minimum absolute atomic E-state index is 0.280. The molecule has 1 amide bonds. The molecule has 1 aliphatic rings. The molecular formula is C13H26N2O3S. The van der Waals surface area contributed by atoms with Crippen molar-refractivity contribution < 1.29 is 13.2 Å². The molecule has 0 aliphatic carbocycles. The number of carbonyl (C=O) groups is 1. The molecule has 112 valence electrons. The van der Waals surface area contributed by atoms with Crippen molar-refractivity contribution in [1.82, 2.24) is 10.2 Å². The third-order valence-electron chi connectivity index (χ3n) is 3.83. The van der Waals surface area contributed by atoms with Crippen LogP contribution in [0.5, 0.6) is 0 Å². The van der Waals surface area contributed by atoms with E-state index < -0.39 is 14.6 Å². The van der Waals surface area contributed by atoms with Crippen molar-refractivity contribution in [1.29, 1.82) is 0 Å². The topological polar surface area (TPSA) is 66.5 Å². The van der Waals surface area contributed by atoms with Crippen LogP contribution in [-0.2, 0) is 14.6 Å². The molecule has 1 saturated heterocycles. The monoisotopic (exact) mass is 290 g/mol. The summed E-state index contributed by atoms with van der Waals surface area (Å²) in [5.41, 5.74) is 0. The molecule has 1 N–H and O–H groups in total. The van der Waals surface area contributed by atoms with Crippen molar-refractivity contribution in [3.8, 4) is 0 Å². The number of sulfone groups is 1. The summed E-state index contributed by atoms with van der Waals surface area (Å²) in [4.78, 5) is 14.1. The minimum atomic E-state index is -3.40. The normalized spacial score (nSPS) is 21.5. The number of rotatable bonds is 5. The molecule has 1 unspecified atom stereocenters. The maximum Gasteiger partial charge on any atom is 0.243 e. The van der Waals surface area contributed by atoms with Crippen LogP contribution in [0.25, 0.3) is 0 Å². The van der Waals surface area contributed by atoms with Crippen molar-refractivity contribution >= 4 is 15.7 Å². The zero-order valence-corrected chi connectivity index (χ0v) is 13.2. The number of hydrogen-bond acceptors (Lipinski definition) is 4. The number of nitrogens with zero attached hydrogens (tertiary/aromatic N) is 1. The molecule has 1 aliphatic heterocycles. The van der Waals surface area contributed by atoms with Gasteiger partial charge in [-0.15, -0.1) is 0 Å². The first-order chi connectivity index (χ1) is 8.70. The summed E-state index contributed by atoms with van der Waals surface area (Å²) < 4.78 is 22.1. The average molecular weight is 290 g/mol. The maximum absolute atomic E-state index is 12.4. The molecule has 1 atom stereocenters. The molecular weight excluding hydrogens is 264 g/mol. The van der Waals surface area contributed by atoms with Crippen molar-refractivity contribution in [2.75, 3.05) is 25.9 Å². The van der Waals surface area contributed by atoms with Gasteiger partial charge in [0.1, 0.15) is 4.75 Å². The molecule has 0 bridgehead atoms. The van der Waals surface area contributed by atoms with Gasteiger partial charge in [0.2, 0.25) is 5.91 Å². The summed E-state index contributed by atoms with van der Waals surface area (Å²) in [7, 11) is -3.40. The Morgan fingerprint density at radius 1 is 1.42 bits per heavy atom. The zero-order valence-electron chi connectivity index (χ0n) is 12.4. The summed E-state index contributed by atoms with van der Waals surface area (Å²) in [6.45, 7) is 7.29. The highest BCUT2D eigenvalue weighted by atomic mass is 32.2. The Labute approximate surface area is 116 Å². The lowest BCUT2D eigenvalue weighted by Crippen LogP contribution is -2.55. The Kier molecular flexibility index (Phi) is 5.38. The second-order valence-electron chi connectivity index (χ2n) is 5.83. The molecule has 0 aromatic carbocycles. The van der Waals surface area contributed by atoms with Gasteiger partial charge in [0, 0.05) is 25.4 Å². The van der Waals surface area contributed by atoms with E-state index in [1.165, 1.54) is 13.8 Å². The van der Waals surface area contributed by atoms with E-state index in [-0.39, 0.29) is 11.9 Å². The van der Waals surface area contributed by atoms with Crippen LogP contribution >= 0.6 is 0 Å². The van der Waals surface area contributed by atoms with Gasteiger partial charge in [-0.1, -0.05) is 6.92 Å². The van der Waals surface area contributed by atoms with Gasteiger partial charge in [-0.3, -0.25) is 4.79 Å². The summed E-state index contributed by atoms with van der Waals surface area (Å²) in [6, 6.07) is 0.285. The van der Waals surface area contributed by atoms with Gasteiger partial charge in [-0.25, -0.2) is 8.42 Å². The molecule has 0 spiro atoms. The predicted octanol–water partition coefficient (Wildman–Crippen LogP) is 0.800. The highest BCUT2D eigenvalue weighted by molar-refractivity contribution is 7.92. The van der Waals surface area contributed by atoms with E-state index in [1.807, 2.05) is 0 Å². The van der Waals surface area contributed by atoms with Crippen LogP contribution in [0.15, 0.2) is 0 Å². The van der Waals surface area contributed by atoms with Gasteiger partial charge < -0.3 is 10.2 Å². The highest BCUT2D eigenvalue weighted by Crippen LogP contribution is 2.21. The van der Waals surface area contributed by atoms with Gasteiger partial charge >= 0.3 is 0 Å². The lowest BCUT2D eigenvalue weighted by atomic mass is 10.0. The van der Waals surface area contributed by atoms with Gasteiger partial charge in [0.25, 0.3) is 0 Å². The Morgan fingerprint density at radius 3 is 2.58 bits per heavy atom. The van der Waals surface area contributed by atoms with Crippen LogP contribution in [0.3, 0.4) is 0 Å². The molecule has 1 heterocycles. The largest absolute Gasteiger partial charge is 0.340 e. The molecule has 19 heavy (non-hydrogen) atoms. The Bertz CT molecular complexity index is 418. The molecule has 1 fully saturated rings. The number of piperidine rings is 1. The third-order valence-corrected chi connectivity index (χ3v) is 5.86. The summed E-state index contributed by atoms with van der Waals surface area (Å²) in [6.07, 6.45) is 4.15. The van der Waals surface area contributed by atoms with Crippen LogP contribution < -0.4 is 5.32 Å². The lowest BCUT2D eigenvalue weighted by Gasteiger charge is -2.37. The maximum atomic E-state index is 12.4. The Balaban J connectivity index is 2.72. The van der Waals surface area contributed by atoms with Crippen LogP contribution in [0, 0.1) is 0 Å². The standard InChI is InChI=1S/C13H26N2O3S/c1-5-8-14-11-7-6-9-15(10-11)12(16)13(2,3)19(4,17)18/h11,14H,5-10H2,1-4H3. The Hall–Kier alpha value is -0.620. The fraction of sp³-hybridized carbons (Fsp3) is 0.923. The molecule has 1 rings (SSSR count). The van der Waals surface area contributed by atoms with E-state index in [0.717, 1.165) is 32.1 Å². The van der Waals surface area contributed by atoms with Crippen molar-refractivity contribution in [2.24, 2.45) is 0 Å². The molecule has 0 radical (unpaired) electrons. The van der Waals surface area contributed by atoms with E-state index in [2.05, 4.69) is 12.2 Å². The fourth-order valence-corrected chi connectivity index (χ4v) is 2.66. The van der Waals surface area contributed by atoms with Gasteiger partial charge in [-0.2, -0.15) is 0 Å². The van der Waals surface area contributed by atoms with Gasteiger partial charge in [-0.05, 0) is 39.7 Å². The van der Waals surface area contributed by atoms with Crippen LogP contribution in [0.1, 0.15) is 40.0 Å². The number of carbonyl (C=O) groups excluding carboxylic acids is 1. The van der Waals surface area contributed by atoms with Crippen LogP contribution in [-0.4, -0.2) is 55.9 Å². The number of likely N-dealkylation sites (tertiary alicyclic amines) is 1. The third kappa shape index (κ3) is 3.92. The van der Waals surface area contributed by atoms with E-state index in [9.17, 15) is 13.2 Å². The molecule has 0 aromatic heterocycles. The summed E-state index contributed by atoms with van der Waals surface area (Å²) in [5, 5.41) is 3.40. The van der Waals surface area contributed by atoms with Crippen LogP contribution in [0.2, 0.25) is 0 Å². The lowest BCUT2D eigenvalue weighted by molar-refractivity contribution is -0.134. The minimum Gasteiger partial charge on any atom is -0.340 e. The summed E-state index contributed by atoms with van der Waals surface area (Å²) >= 11 is 0. The van der Waals surface area contributed by atoms with Crippen molar-refractivity contribution in [2.45, 2.75) is 50.8 Å². The number of hydrogen-bond donors (Lipinski definition) is 1. The van der Waals surface area contributed by atoms with Gasteiger partial charge in [0.05, 0.1) is 0 Å². The Morgan fingerprint density at radius 2 is 2.05 bits per heavy atom. The van der Waals surface area contributed by atoms with Crippen LogP contribution in [0.4, 0.5) is 0 Å². The number of amides is 1. The average Bonchev–Trinajstić information content (AvgIpc) is 2.34. The first-order valence-corrected chi connectivity index (χ1v) is 8.81. The SMILES string of the molecule is CCCNC1CCCN(C(=O)C(C)(C)S(C)(=O)=O)C1. The van der Waals surface area contributed by atoms with E-state index in [0.29, 0.717) is 13.1 Å². The second kappa shape index (κ2) is 6.22. The molecule has 5 nitrogen and oxygen atoms in total. The van der Waals surface area contributed by atoms with Crippen molar-refractivity contribution in [3.05, 3.63) is 0 Å². The fourth-order valence-electron chi connectivity index (χ4n) is 2.22.